The molecule has 0 unspecified atom stereocenters. The lowest BCUT2D eigenvalue weighted by Gasteiger charge is -2.10. The van der Waals surface area contributed by atoms with Crippen molar-refractivity contribution in [1.82, 2.24) is 14.8 Å². The number of hydrogen-bond donors (Lipinski definition) is 0. The van der Waals surface area contributed by atoms with Crippen LogP contribution < -0.4 is 0 Å². The maximum atomic E-state index is 5.19. The van der Waals surface area contributed by atoms with E-state index in [1.807, 2.05) is 0 Å². The van der Waals surface area contributed by atoms with Crippen LogP contribution in [0.4, 0.5) is 0 Å². The van der Waals surface area contributed by atoms with E-state index in [0.717, 1.165) is 23.8 Å². The molecule has 0 radical (unpaired) electrons. The van der Waals surface area contributed by atoms with Crippen LogP contribution in [0.2, 0.25) is 0 Å². The zero-order chi connectivity index (χ0) is 13.9. The van der Waals surface area contributed by atoms with Gasteiger partial charge in [-0.15, -0.1) is 10.2 Å². The van der Waals surface area contributed by atoms with Crippen molar-refractivity contribution in [3.8, 4) is 11.4 Å². The molecule has 4 nitrogen and oxygen atoms in total. The summed E-state index contributed by atoms with van der Waals surface area (Å²) in [5, 5.41) is 9.33. The zero-order valence-electron chi connectivity index (χ0n) is 11.6. The van der Waals surface area contributed by atoms with Gasteiger partial charge in [0, 0.05) is 19.2 Å². The van der Waals surface area contributed by atoms with Crippen LogP contribution in [0.3, 0.4) is 0 Å². The van der Waals surface area contributed by atoms with Gasteiger partial charge in [0.25, 0.3) is 0 Å². The van der Waals surface area contributed by atoms with Gasteiger partial charge >= 0.3 is 0 Å². The molecule has 0 saturated heterocycles. The third kappa shape index (κ3) is 2.52. The van der Waals surface area contributed by atoms with Crippen molar-refractivity contribution < 1.29 is 4.74 Å². The predicted octanol–water partition coefficient (Wildman–Crippen LogP) is 2.98. The molecule has 0 bridgehead atoms. The van der Waals surface area contributed by atoms with Crippen LogP contribution in [-0.4, -0.2) is 28.5 Å². The second kappa shape index (κ2) is 6.06. The molecule has 1 heterocycles. The van der Waals surface area contributed by atoms with Crippen molar-refractivity contribution in [2.75, 3.05) is 13.7 Å². The van der Waals surface area contributed by atoms with Gasteiger partial charge in [-0.05, 0) is 36.5 Å². The number of rotatable bonds is 5. The average molecular weight is 336 g/mol. The van der Waals surface area contributed by atoms with Crippen molar-refractivity contribution in [3.63, 3.8) is 0 Å². The number of aryl methyl sites for hydroxylation is 2. The fourth-order valence-corrected chi connectivity index (χ4v) is 3.19. The zero-order valence-corrected chi connectivity index (χ0v) is 13.2. The molecular formula is C15H18BrN3O. The molecule has 0 aliphatic heterocycles. The number of methoxy groups -OCH3 is 1. The Morgan fingerprint density at radius 3 is 2.90 bits per heavy atom. The number of alkyl halides is 1. The summed E-state index contributed by atoms with van der Waals surface area (Å²) in [5.74, 6) is 1.88. The Hall–Kier alpha value is -1.20. The van der Waals surface area contributed by atoms with Crippen LogP contribution in [0.15, 0.2) is 18.2 Å². The highest BCUT2D eigenvalue weighted by Crippen LogP contribution is 2.27. The van der Waals surface area contributed by atoms with Gasteiger partial charge < -0.3 is 9.30 Å². The molecule has 1 aliphatic rings. The lowest BCUT2D eigenvalue weighted by molar-refractivity contribution is 0.187. The van der Waals surface area contributed by atoms with Gasteiger partial charge in [-0.1, -0.05) is 28.1 Å². The molecule has 0 fully saturated rings. The lowest BCUT2D eigenvalue weighted by Crippen LogP contribution is -2.09. The van der Waals surface area contributed by atoms with Crippen molar-refractivity contribution in [3.05, 3.63) is 35.2 Å². The van der Waals surface area contributed by atoms with Gasteiger partial charge in [0.1, 0.15) is 5.82 Å². The van der Waals surface area contributed by atoms with E-state index in [1.54, 1.807) is 7.11 Å². The monoisotopic (exact) mass is 335 g/mol. The number of benzene rings is 1. The minimum Gasteiger partial charge on any atom is -0.383 e. The average Bonchev–Trinajstić information content (AvgIpc) is 3.10. The highest BCUT2D eigenvalue weighted by Gasteiger charge is 2.16. The first kappa shape index (κ1) is 13.8. The minimum absolute atomic E-state index is 0.663. The van der Waals surface area contributed by atoms with Crippen molar-refractivity contribution in [2.45, 2.75) is 31.1 Å². The first-order valence-corrected chi connectivity index (χ1v) is 8.05. The Bertz CT molecular complexity index is 609. The second-order valence-electron chi connectivity index (χ2n) is 5.05. The molecule has 2 aromatic rings. The van der Waals surface area contributed by atoms with Gasteiger partial charge in [-0.2, -0.15) is 0 Å². The van der Waals surface area contributed by atoms with Crippen LogP contribution in [-0.2, 0) is 29.5 Å². The Morgan fingerprint density at radius 1 is 1.25 bits per heavy atom. The van der Waals surface area contributed by atoms with Crippen molar-refractivity contribution >= 4 is 15.9 Å². The third-order valence-corrected chi connectivity index (χ3v) is 4.32. The van der Waals surface area contributed by atoms with E-state index in [0.29, 0.717) is 11.9 Å². The molecule has 0 N–H and O–H groups in total. The van der Waals surface area contributed by atoms with Crippen LogP contribution in [0.5, 0.6) is 0 Å². The first-order valence-electron chi connectivity index (χ1n) is 6.92. The second-order valence-corrected chi connectivity index (χ2v) is 5.62. The normalized spacial score (nSPS) is 13.7. The lowest BCUT2D eigenvalue weighted by atomic mass is 10.1. The number of aromatic nitrogens is 3. The fraction of sp³-hybridized carbons (Fsp3) is 0.467. The Kier molecular flexibility index (Phi) is 4.17. The van der Waals surface area contributed by atoms with E-state index in [9.17, 15) is 0 Å². The summed E-state index contributed by atoms with van der Waals surface area (Å²) in [7, 11) is 1.72. The SMILES string of the molecule is COCCn1c(CBr)nnc1-c1ccc2c(c1)CCC2. The smallest absolute Gasteiger partial charge is 0.164 e. The van der Waals surface area contributed by atoms with Gasteiger partial charge in [0.2, 0.25) is 0 Å². The largest absolute Gasteiger partial charge is 0.383 e. The standard InChI is InChI=1S/C15H18BrN3O/c1-20-8-7-19-14(10-16)17-18-15(19)13-6-5-11-3-2-4-12(11)9-13/h5-6,9H,2-4,7-8,10H2,1H3. The number of ether oxygens (including phenoxy) is 1. The highest BCUT2D eigenvalue weighted by atomic mass is 79.9. The van der Waals surface area contributed by atoms with Crippen LogP contribution in [0.25, 0.3) is 11.4 Å². The minimum atomic E-state index is 0.663. The maximum absolute atomic E-state index is 5.19. The number of nitrogens with zero attached hydrogens (tertiary/aromatic N) is 3. The summed E-state index contributed by atoms with van der Waals surface area (Å²) in [4.78, 5) is 0. The number of hydrogen-bond acceptors (Lipinski definition) is 3. The molecule has 0 saturated carbocycles. The molecule has 1 aromatic heterocycles. The summed E-state index contributed by atoms with van der Waals surface area (Å²) in [5.41, 5.74) is 4.10. The topological polar surface area (TPSA) is 39.9 Å². The number of halogens is 1. The van der Waals surface area contributed by atoms with E-state index in [1.165, 1.54) is 30.4 Å². The van der Waals surface area contributed by atoms with Crippen LogP contribution in [0.1, 0.15) is 23.4 Å². The Morgan fingerprint density at radius 2 is 2.10 bits per heavy atom. The quantitative estimate of drug-likeness (QED) is 0.788. The first-order chi connectivity index (χ1) is 9.83. The molecule has 0 atom stereocenters. The molecule has 1 aliphatic carbocycles. The summed E-state index contributed by atoms with van der Waals surface area (Å²) < 4.78 is 7.32. The van der Waals surface area contributed by atoms with E-state index in [4.69, 9.17) is 4.74 Å². The molecule has 0 amide bonds. The van der Waals surface area contributed by atoms with E-state index >= 15 is 0 Å². The molecule has 0 spiro atoms. The van der Waals surface area contributed by atoms with Gasteiger partial charge in [-0.3, -0.25) is 0 Å². The number of fused-ring (bicyclic) bond motifs is 1. The molecule has 5 heteroatoms. The van der Waals surface area contributed by atoms with Gasteiger partial charge in [0.05, 0.1) is 11.9 Å². The molecule has 106 valence electrons. The van der Waals surface area contributed by atoms with E-state index < -0.39 is 0 Å². The van der Waals surface area contributed by atoms with Crippen LogP contribution >= 0.6 is 15.9 Å². The van der Waals surface area contributed by atoms with Crippen molar-refractivity contribution in [2.24, 2.45) is 0 Å². The summed E-state index contributed by atoms with van der Waals surface area (Å²) >= 11 is 3.47. The predicted molar refractivity (Wildman–Crippen MR) is 82.0 cm³/mol. The fourth-order valence-electron chi connectivity index (χ4n) is 2.78. The molecule has 3 rings (SSSR count). The Labute approximate surface area is 127 Å². The summed E-state index contributed by atoms with van der Waals surface area (Å²) in [6.45, 7) is 1.44. The maximum Gasteiger partial charge on any atom is 0.164 e. The van der Waals surface area contributed by atoms with Crippen LogP contribution in [0, 0.1) is 0 Å². The third-order valence-electron chi connectivity index (χ3n) is 3.82. The van der Waals surface area contributed by atoms with E-state index in [2.05, 4.69) is 48.9 Å². The molecule has 1 aromatic carbocycles. The molecular weight excluding hydrogens is 318 g/mol. The van der Waals surface area contributed by atoms with E-state index in [-0.39, 0.29) is 0 Å². The highest BCUT2D eigenvalue weighted by molar-refractivity contribution is 9.08. The van der Waals surface area contributed by atoms with Crippen molar-refractivity contribution in [1.29, 1.82) is 0 Å². The van der Waals surface area contributed by atoms with Gasteiger partial charge in [-0.25, -0.2) is 0 Å². The Balaban J connectivity index is 1.98. The van der Waals surface area contributed by atoms with Gasteiger partial charge in [0.15, 0.2) is 5.82 Å². The summed E-state index contributed by atoms with van der Waals surface area (Å²) in [6.07, 6.45) is 3.65. The molecule has 20 heavy (non-hydrogen) atoms. The summed E-state index contributed by atoms with van der Waals surface area (Å²) in [6, 6.07) is 6.67.